The van der Waals surface area contributed by atoms with Crippen LogP contribution in [0, 0.1) is 0 Å². The van der Waals surface area contributed by atoms with Gasteiger partial charge >= 0.3 is 5.69 Å². The van der Waals surface area contributed by atoms with Crippen LogP contribution in [-0.4, -0.2) is 42.3 Å². The average Bonchev–Trinajstić information content (AvgIpc) is 3.29. The van der Waals surface area contributed by atoms with Gasteiger partial charge in [0.15, 0.2) is 0 Å². The molecule has 3 aromatic rings. The van der Waals surface area contributed by atoms with E-state index in [2.05, 4.69) is 14.7 Å². The number of aromatic nitrogens is 2. The zero-order valence-corrected chi connectivity index (χ0v) is 15.2. The van der Waals surface area contributed by atoms with Crippen LogP contribution in [0.1, 0.15) is 23.2 Å². The van der Waals surface area contributed by atoms with E-state index < -0.39 is 15.7 Å². The van der Waals surface area contributed by atoms with E-state index in [0.717, 1.165) is 25.9 Å². The third kappa shape index (κ3) is 3.45. The van der Waals surface area contributed by atoms with E-state index in [9.17, 15) is 18.0 Å². The molecule has 1 saturated heterocycles. The van der Waals surface area contributed by atoms with Gasteiger partial charge in [-0.05, 0) is 55.3 Å². The molecule has 0 bridgehead atoms. The number of nitrogens with one attached hydrogen (secondary N) is 3. The van der Waals surface area contributed by atoms with Crippen LogP contribution in [-0.2, 0) is 10.0 Å². The predicted molar refractivity (Wildman–Crippen MR) is 101 cm³/mol. The first-order valence-electron chi connectivity index (χ1n) is 8.57. The molecule has 4 rings (SSSR count). The molecule has 9 heteroatoms. The van der Waals surface area contributed by atoms with Crippen LogP contribution in [0.5, 0.6) is 0 Å². The number of aromatic amines is 2. The van der Waals surface area contributed by atoms with Crippen LogP contribution in [0.2, 0.25) is 0 Å². The third-order valence-electron chi connectivity index (χ3n) is 4.58. The molecule has 2 aromatic carbocycles. The Balaban J connectivity index is 1.54. The van der Waals surface area contributed by atoms with Crippen molar-refractivity contribution in [1.29, 1.82) is 0 Å². The minimum Gasteiger partial charge on any atom is -0.339 e. The van der Waals surface area contributed by atoms with Gasteiger partial charge in [0.05, 0.1) is 15.9 Å². The number of benzene rings is 2. The Bertz CT molecular complexity index is 1160. The summed E-state index contributed by atoms with van der Waals surface area (Å²) < 4.78 is 27.7. The molecule has 1 fully saturated rings. The minimum absolute atomic E-state index is 0.0301. The van der Waals surface area contributed by atoms with Gasteiger partial charge in [0.2, 0.25) is 0 Å². The van der Waals surface area contributed by atoms with Gasteiger partial charge in [-0.15, -0.1) is 0 Å². The highest BCUT2D eigenvalue weighted by Gasteiger charge is 2.20. The normalized spacial score (nSPS) is 14.6. The lowest BCUT2D eigenvalue weighted by atomic mass is 10.2. The lowest BCUT2D eigenvalue weighted by Crippen LogP contribution is -2.27. The maximum Gasteiger partial charge on any atom is 0.323 e. The Morgan fingerprint density at radius 3 is 2.33 bits per heavy atom. The zero-order valence-electron chi connectivity index (χ0n) is 14.4. The molecule has 27 heavy (non-hydrogen) atoms. The smallest absolute Gasteiger partial charge is 0.323 e. The first kappa shape index (κ1) is 17.3. The van der Waals surface area contributed by atoms with Crippen molar-refractivity contribution in [1.82, 2.24) is 14.9 Å². The fourth-order valence-electron chi connectivity index (χ4n) is 3.18. The lowest BCUT2D eigenvalue weighted by molar-refractivity contribution is 0.0793. The average molecular weight is 386 g/mol. The van der Waals surface area contributed by atoms with Crippen LogP contribution in [0.15, 0.2) is 52.2 Å². The van der Waals surface area contributed by atoms with Crippen LogP contribution in [0.4, 0.5) is 5.69 Å². The Morgan fingerprint density at radius 2 is 1.63 bits per heavy atom. The van der Waals surface area contributed by atoms with Gasteiger partial charge in [0, 0.05) is 24.3 Å². The van der Waals surface area contributed by atoms with Gasteiger partial charge in [-0.1, -0.05) is 0 Å². The fourth-order valence-corrected chi connectivity index (χ4v) is 4.26. The molecule has 0 unspecified atom stereocenters. The maximum atomic E-state index is 12.6. The van der Waals surface area contributed by atoms with Crippen molar-refractivity contribution >= 4 is 32.7 Å². The number of hydrogen-bond donors (Lipinski definition) is 3. The van der Waals surface area contributed by atoms with Crippen LogP contribution in [0.25, 0.3) is 11.0 Å². The number of carbonyl (C=O) groups is 1. The summed E-state index contributed by atoms with van der Waals surface area (Å²) in [5.74, 6) is -0.0382. The molecule has 0 atom stereocenters. The number of carbonyl (C=O) groups excluding carboxylic acids is 1. The topological polar surface area (TPSA) is 115 Å². The van der Waals surface area contributed by atoms with E-state index in [1.165, 1.54) is 18.2 Å². The summed E-state index contributed by atoms with van der Waals surface area (Å²) in [6.45, 7) is 1.52. The molecular weight excluding hydrogens is 368 g/mol. The van der Waals surface area contributed by atoms with E-state index in [4.69, 9.17) is 0 Å². The second-order valence-electron chi connectivity index (χ2n) is 6.47. The largest absolute Gasteiger partial charge is 0.339 e. The van der Waals surface area contributed by atoms with Gasteiger partial charge in [0.1, 0.15) is 0 Å². The van der Waals surface area contributed by atoms with E-state index in [-0.39, 0.29) is 10.8 Å². The maximum absolute atomic E-state index is 12.6. The number of likely N-dealkylation sites (tertiary alicyclic amines) is 1. The molecule has 1 aliphatic heterocycles. The first-order chi connectivity index (χ1) is 12.9. The molecule has 3 N–H and O–H groups in total. The van der Waals surface area contributed by atoms with Gasteiger partial charge in [-0.2, -0.15) is 0 Å². The Morgan fingerprint density at radius 1 is 0.963 bits per heavy atom. The molecule has 140 valence electrons. The van der Waals surface area contributed by atoms with Gasteiger partial charge in [-0.25, -0.2) is 13.2 Å². The van der Waals surface area contributed by atoms with Gasteiger partial charge in [0.25, 0.3) is 15.9 Å². The summed E-state index contributed by atoms with van der Waals surface area (Å²) in [4.78, 5) is 30.6. The van der Waals surface area contributed by atoms with E-state index in [1.54, 1.807) is 29.2 Å². The van der Waals surface area contributed by atoms with Crippen molar-refractivity contribution in [2.75, 3.05) is 17.8 Å². The van der Waals surface area contributed by atoms with Crippen molar-refractivity contribution in [2.24, 2.45) is 0 Å². The van der Waals surface area contributed by atoms with Crippen molar-refractivity contribution in [3.8, 4) is 0 Å². The summed E-state index contributed by atoms with van der Waals surface area (Å²) in [5.41, 5.74) is 1.44. The Hall–Kier alpha value is -3.07. The summed E-state index contributed by atoms with van der Waals surface area (Å²) in [6.07, 6.45) is 2.03. The van der Waals surface area contributed by atoms with E-state index >= 15 is 0 Å². The number of rotatable bonds is 4. The van der Waals surface area contributed by atoms with Crippen LogP contribution >= 0.6 is 0 Å². The Labute approximate surface area is 155 Å². The van der Waals surface area contributed by atoms with E-state index in [1.807, 2.05) is 0 Å². The fraction of sp³-hybridized carbons (Fsp3) is 0.222. The molecule has 0 saturated carbocycles. The number of fused-ring (bicyclic) bond motifs is 1. The second kappa shape index (κ2) is 6.58. The number of nitrogens with zero attached hydrogens (tertiary/aromatic N) is 1. The zero-order chi connectivity index (χ0) is 19.0. The molecule has 0 aliphatic carbocycles. The van der Waals surface area contributed by atoms with Crippen LogP contribution in [0.3, 0.4) is 0 Å². The number of H-pyrrole nitrogens is 2. The van der Waals surface area contributed by atoms with Crippen molar-refractivity contribution in [2.45, 2.75) is 17.7 Å². The highest BCUT2D eigenvalue weighted by atomic mass is 32.2. The monoisotopic (exact) mass is 386 g/mol. The summed E-state index contributed by atoms with van der Waals surface area (Å²) in [5, 5.41) is 0. The first-order valence-corrected chi connectivity index (χ1v) is 10.0. The molecule has 8 nitrogen and oxygen atoms in total. The highest BCUT2D eigenvalue weighted by molar-refractivity contribution is 7.92. The molecule has 0 radical (unpaired) electrons. The lowest BCUT2D eigenvalue weighted by Gasteiger charge is -2.15. The SMILES string of the molecule is O=C(c1ccc(NS(=O)(=O)c2ccc3[nH]c(=O)[nH]c3c2)cc1)N1CCCC1. The number of imidazole rings is 1. The van der Waals surface area contributed by atoms with Gasteiger partial charge < -0.3 is 14.9 Å². The standard InChI is InChI=1S/C18H18N4O4S/c23-17(22-9-1-2-10-22)12-3-5-13(6-4-12)21-27(25,26)14-7-8-15-16(11-14)20-18(24)19-15/h3-8,11,21H,1-2,9-10H2,(H2,19,20,24). The number of anilines is 1. The summed E-state index contributed by atoms with van der Waals surface area (Å²) in [6, 6.07) is 10.7. The van der Waals surface area contributed by atoms with Crippen molar-refractivity contribution in [3.05, 3.63) is 58.5 Å². The quantitative estimate of drug-likeness (QED) is 0.635. The number of sulfonamides is 1. The highest BCUT2D eigenvalue weighted by Crippen LogP contribution is 2.20. The number of hydrogen-bond acceptors (Lipinski definition) is 4. The molecule has 1 aliphatic rings. The number of amides is 1. The predicted octanol–water partition coefficient (Wildman–Crippen LogP) is 1.89. The van der Waals surface area contributed by atoms with Crippen molar-refractivity contribution < 1.29 is 13.2 Å². The molecule has 0 spiro atoms. The molecule has 2 heterocycles. The summed E-state index contributed by atoms with van der Waals surface area (Å²) in [7, 11) is -3.83. The minimum atomic E-state index is -3.83. The molecule has 1 amide bonds. The molecular formula is C18H18N4O4S. The van der Waals surface area contributed by atoms with Crippen molar-refractivity contribution in [3.63, 3.8) is 0 Å². The summed E-state index contributed by atoms with van der Waals surface area (Å²) >= 11 is 0. The van der Waals surface area contributed by atoms with Gasteiger partial charge in [-0.3, -0.25) is 9.52 Å². The Kier molecular flexibility index (Phi) is 4.23. The molecule has 1 aromatic heterocycles. The second-order valence-corrected chi connectivity index (χ2v) is 8.15. The van der Waals surface area contributed by atoms with E-state index in [0.29, 0.717) is 22.3 Å². The third-order valence-corrected chi connectivity index (χ3v) is 5.95. The van der Waals surface area contributed by atoms with Crippen LogP contribution < -0.4 is 10.4 Å².